The number of amides is 1. The van der Waals surface area contributed by atoms with Crippen molar-refractivity contribution in [3.05, 3.63) is 48.0 Å². The van der Waals surface area contributed by atoms with Crippen molar-refractivity contribution in [3.63, 3.8) is 0 Å². The van der Waals surface area contributed by atoms with Crippen LogP contribution in [0.15, 0.2) is 40.8 Å². The van der Waals surface area contributed by atoms with Gasteiger partial charge in [-0.25, -0.2) is 8.78 Å². The normalized spacial score (nSPS) is 16.2. The molecule has 1 unspecified atom stereocenters. The van der Waals surface area contributed by atoms with Gasteiger partial charge in [-0.2, -0.15) is 0 Å². The molecule has 30 heavy (non-hydrogen) atoms. The van der Waals surface area contributed by atoms with Crippen LogP contribution in [0.1, 0.15) is 6.42 Å². The first kappa shape index (κ1) is 18.4. The lowest BCUT2D eigenvalue weighted by Gasteiger charge is -2.06. The molecule has 0 saturated carbocycles. The van der Waals surface area contributed by atoms with Crippen LogP contribution >= 0.6 is 0 Å². The Balaban J connectivity index is 1.65. The van der Waals surface area contributed by atoms with Crippen molar-refractivity contribution in [1.82, 2.24) is 20.5 Å². The van der Waals surface area contributed by atoms with Gasteiger partial charge < -0.3 is 20.0 Å². The van der Waals surface area contributed by atoms with Crippen LogP contribution in [-0.2, 0) is 4.79 Å². The van der Waals surface area contributed by atoms with E-state index in [1.165, 1.54) is 6.07 Å². The number of halogens is 2. The number of nitrogens with zero attached hydrogens (tertiary/aromatic N) is 2. The van der Waals surface area contributed by atoms with Crippen molar-refractivity contribution >= 4 is 36.1 Å². The molecule has 1 aliphatic heterocycles. The highest BCUT2D eigenvalue weighted by Gasteiger charge is 2.27. The average Bonchev–Trinajstić information content (AvgIpc) is 3.42. The first-order chi connectivity index (χ1) is 14.5. The van der Waals surface area contributed by atoms with Gasteiger partial charge >= 0.3 is 6.01 Å². The molecule has 3 heterocycles. The number of rotatable bonds is 4. The van der Waals surface area contributed by atoms with Crippen molar-refractivity contribution in [1.29, 1.82) is 0 Å². The fourth-order valence-electron chi connectivity index (χ4n) is 3.57. The first-order valence-electron chi connectivity index (χ1n) is 9.24. The number of carbonyl (C=O) groups excluding carboxylic acids is 1. The van der Waals surface area contributed by atoms with E-state index in [9.17, 15) is 13.6 Å². The Bertz CT molecular complexity index is 1270. The van der Waals surface area contributed by atoms with Crippen molar-refractivity contribution in [2.75, 3.05) is 11.9 Å². The summed E-state index contributed by atoms with van der Waals surface area (Å²) >= 11 is 0. The summed E-state index contributed by atoms with van der Waals surface area (Å²) in [6, 6.07) is 8.45. The zero-order valence-electron chi connectivity index (χ0n) is 15.5. The largest absolute Gasteiger partial charge is 0.403 e. The van der Waals surface area contributed by atoms with Crippen molar-refractivity contribution < 1.29 is 18.0 Å². The lowest BCUT2D eigenvalue weighted by atomic mass is 9.94. The van der Waals surface area contributed by atoms with Crippen molar-refractivity contribution in [3.8, 4) is 22.7 Å². The molecule has 0 aliphatic carbocycles. The molecule has 3 N–H and O–H groups in total. The third kappa shape index (κ3) is 3.10. The Morgan fingerprint density at radius 1 is 1.17 bits per heavy atom. The Hall–Kier alpha value is -3.69. The fraction of sp³-hybridized carbons (Fsp3) is 0.150. The summed E-state index contributed by atoms with van der Waals surface area (Å²) in [5.41, 5.74) is 2.18. The number of hydrogen-bond donors (Lipinski definition) is 3. The average molecular weight is 405 g/mol. The van der Waals surface area contributed by atoms with Gasteiger partial charge in [-0.15, -0.1) is 5.10 Å². The maximum absolute atomic E-state index is 14.4. The molecule has 1 fully saturated rings. The number of fused-ring (bicyclic) bond motifs is 1. The minimum atomic E-state index is -0.742. The van der Waals surface area contributed by atoms with Crippen LogP contribution in [0.4, 0.5) is 14.8 Å². The van der Waals surface area contributed by atoms with E-state index in [1.807, 2.05) is 0 Å². The number of anilines is 1. The van der Waals surface area contributed by atoms with E-state index in [1.54, 1.807) is 24.3 Å². The third-order valence-electron chi connectivity index (χ3n) is 5.01. The quantitative estimate of drug-likeness (QED) is 0.453. The Morgan fingerprint density at radius 2 is 1.97 bits per heavy atom. The van der Waals surface area contributed by atoms with Gasteiger partial charge in [0.25, 0.3) is 5.89 Å². The van der Waals surface area contributed by atoms with E-state index in [4.69, 9.17) is 12.3 Å². The maximum atomic E-state index is 14.4. The van der Waals surface area contributed by atoms with Crippen LogP contribution in [0.3, 0.4) is 0 Å². The van der Waals surface area contributed by atoms with Crippen LogP contribution in [0, 0.1) is 11.6 Å². The molecule has 10 heteroatoms. The number of nitrogens with one attached hydrogen (secondary N) is 3. The van der Waals surface area contributed by atoms with Crippen LogP contribution in [0.25, 0.3) is 33.6 Å². The van der Waals surface area contributed by atoms with Gasteiger partial charge in [0.15, 0.2) is 0 Å². The van der Waals surface area contributed by atoms with Gasteiger partial charge in [0.05, 0.1) is 16.8 Å². The summed E-state index contributed by atoms with van der Waals surface area (Å²) in [6.07, 6.45) is 0.580. The first-order valence-corrected chi connectivity index (χ1v) is 9.24. The molecule has 4 aromatic rings. The van der Waals surface area contributed by atoms with Gasteiger partial charge in [0, 0.05) is 18.0 Å². The summed E-state index contributed by atoms with van der Waals surface area (Å²) in [4.78, 5) is 14.8. The minimum absolute atomic E-state index is 0.0431. The van der Waals surface area contributed by atoms with Crippen LogP contribution in [0.5, 0.6) is 0 Å². The summed E-state index contributed by atoms with van der Waals surface area (Å²) < 4.78 is 34.1. The van der Waals surface area contributed by atoms with Crippen molar-refractivity contribution in [2.24, 2.45) is 0 Å². The highest BCUT2D eigenvalue weighted by molar-refractivity contribution is 6.32. The zero-order chi connectivity index (χ0) is 20.8. The van der Waals surface area contributed by atoms with Gasteiger partial charge in [0.1, 0.15) is 25.5 Å². The Morgan fingerprint density at radius 3 is 2.70 bits per heavy atom. The van der Waals surface area contributed by atoms with Crippen LogP contribution in [-0.4, -0.2) is 41.5 Å². The minimum Gasteiger partial charge on any atom is -0.403 e. The lowest BCUT2D eigenvalue weighted by molar-refractivity contribution is -0.119. The monoisotopic (exact) mass is 405 g/mol. The molecular formula is C20H14BF2N5O2. The van der Waals surface area contributed by atoms with Crippen LogP contribution in [0.2, 0.25) is 0 Å². The Labute approximate surface area is 170 Å². The standard InChI is InChI=1S/C20H14BF2N5O2/c21-10-3-1-9(2-4-10)16-15(12-7-11(22)8-13(23)17(12)26-16)19-27-28-20(30-19)25-14-5-6-24-18(14)29/h1-4,7-8,14,26H,5-6H2,(H,24,29)(H,25,28). The maximum Gasteiger partial charge on any atom is 0.316 e. The second-order valence-electron chi connectivity index (χ2n) is 7.00. The second-order valence-corrected chi connectivity index (χ2v) is 7.00. The van der Waals surface area contributed by atoms with Gasteiger partial charge in [-0.05, 0) is 18.1 Å². The molecule has 5 rings (SSSR count). The fourth-order valence-corrected chi connectivity index (χ4v) is 3.57. The summed E-state index contributed by atoms with van der Waals surface area (Å²) in [7, 11) is 5.76. The summed E-state index contributed by atoms with van der Waals surface area (Å²) in [5.74, 6) is -1.58. The van der Waals surface area contributed by atoms with Crippen molar-refractivity contribution in [2.45, 2.75) is 12.5 Å². The predicted octanol–water partition coefficient (Wildman–Crippen LogP) is 2.26. The smallest absolute Gasteiger partial charge is 0.316 e. The molecule has 2 aromatic heterocycles. The molecule has 7 nitrogen and oxygen atoms in total. The third-order valence-corrected chi connectivity index (χ3v) is 5.01. The molecule has 1 amide bonds. The van der Waals surface area contributed by atoms with Gasteiger partial charge in [-0.3, -0.25) is 4.79 Å². The number of H-pyrrole nitrogens is 1. The molecule has 0 spiro atoms. The van der Waals surface area contributed by atoms with E-state index in [0.29, 0.717) is 35.2 Å². The van der Waals surface area contributed by atoms with E-state index in [2.05, 4.69) is 25.8 Å². The SMILES string of the molecule is [B]c1ccc(-c2[nH]c3c(F)cc(F)cc3c2-c2nnc(NC3CCNC3=O)o2)cc1. The van der Waals surface area contributed by atoms with E-state index in [-0.39, 0.29) is 28.7 Å². The number of aromatic amines is 1. The molecule has 148 valence electrons. The molecule has 0 bridgehead atoms. The zero-order valence-corrected chi connectivity index (χ0v) is 15.5. The number of aromatic nitrogens is 3. The van der Waals surface area contributed by atoms with E-state index < -0.39 is 17.7 Å². The molecule has 2 radical (unpaired) electrons. The lowest BCUT2D eigenvalue weighted by Crippen LogP contribution is -2.29. The molecule has 1 atom stereocenters. The topological polar surface area (TPSA) is 95.8 Å². The Kier molecular flexibility index (Phi) is 4.27. The van der Waals surface area contributed by atoms with Gasteiger partial charge in [-0.1, -0.05) is 34.8 Å². The predicted molar refractivity (Wildman–Crippen MR) is 107 cm³/mol. The molecule has 1 saturated heterocycles. The highest BCUT2D eigenvalue weighted by Crippen LogP contribution is 2.39. The molecule has 1 aliphatic rings. The number of hydrogen-bond acceptors (Lipinski definition) is 5. The molecule has 2 aromatic carbocycles. The highest BCUT2D eigenvalue weighted by atomic mass is 19.1. The number of carbonyl (C=O) groups is 1. The van der Waals surface area contributed by atoms with Gasteiger partial charge in [0.2, 0.25) is 5.91 Å². The van der Waals surface area contributed by atoms with E-state index >= 15 is 0 Å². The van der Waals surface area contributed by atoms with E-state index in [0.717, 1.165) is 6.07 Å². The number of benzene rings is 2. The molecular weight excluding hydrogens is 391 g/mol. The second kappa shape index (κ2) is 6.98. The van der Waals surface area contributed by atoms with Crippen LogP contribution < -0.4 is 16.1 Å². The summed E-state index contributed by atoms with van der Waals surface area (Å²) in [5, 5.41) is 13.8. The summed E-state index contributed by atoms with van der Waals surface area (Å²) in [6.45, 7) is 0.555.